The van der Waals surface area contributed by atoms with Crippen molar-refractivity contribution in [2.45, 2.75) is 0 Å². The summed E-state index contributed by atoms with van der Waals surface area (Å²) in [5, 5.41) is 0. The zero-order valence-electron chi connectivity index (χ0n) is 6.00. The van der Waals surface area contributed by atoms with E-state index in [1.807, 2.05) is 0 Å². The van der Waals surface area contributed by atoms with E-state index in [0.717, 1.165) is 0 Å². The number of nitrogens with zero attached hydrogens (tertiary/aromatic N) is 1. The summed E-state index contributed by atoms with van der Waals surface area (Å²) in [7, 11) is 1.37. The first-order valence-electron chi connectivity index (χ1n) is 3.01. The molecule has 0 saturated heterocycles. The Kier molecular flexibility index (Phi) is 2.57. The molecule has 1 aromatic rings. The first kappa shape index (κ1) is 7.68. The summed E-state index contributed by atoms with van der Waals surface area (Å²) in [4.78, 5) is 19.0. The normalized spacial score (nSPS) is 9.18. The molecule has 4 heteroatoms. The molecular weight excluding hydrogens is 144 g/mol. The summed E-state index contributed by atoms with van der Waals surface area (Å²) in [5.41, 5.74) is 2.43. The van der Waals surface area contributed by atoms with Crippen molar-refractivity contribution in [3.63, 3.8) is 0 Å². The number of hydroxylamine groups is 1. The lowest BCUT2D eigenvalue weighted by Gasteiger charge is -1.98. The third-order valence-corrected chi connectivity index (χ3v) is 1.04. The monoisotopic (exact) mass is 151 g/mol. The Morgan fingerprint density at radius 3 is 3.18 bits per heavy atom. The van der Waals surface area contributed by atoms with Gasteiger partial charge in [-0.1, -0.05) is 6.07 Å². The first-order valence-corrected chi connectivity index (χ1v) is 3.01. The summed E-state index contributed by atoms with van der Waals surface area (Å²) < 4.78 is 0. The molecule has 11 heavy (non-hydrogen) atoms. The number of carbonyl (C=O) groups excluding carboxylic acids is 1. The molecular formula is C7H7N2O2. The lowest BCUT2D eigenvalue weighted by Crippen LogP contribution is -2.22. The molecule has 0 saturated carbocycles. The largest absolute Gasteiger partial charge is 0.293 e. The van der Waals surface area contributed by atoms with Crippen molar-refractivity contribution < 1.29 is 9.63 Å². The van der Waals surface area contributed by atoms with Gasteiger partial charge in [0.15, 0.2) is 0 Å². The van der Waals surface area contributed by atoms with E-state index in [0.29, 0.717) is 0 Å². The van der Waals surface area contributed by atoms with Crippen molar-refractivity contribution in [3.05, 3.63) is 30.1 Å². The van der Waals surface area contributed by atoms with Crippen LogP contribution in [0.5, 0.6) is 0 Å². The van der Waals surface area contributed by atoms with Crippen LogP contribution in [0, 0.1) is 6.20 Å². The van der Waals surface area contributed by atoms with Gasteiger partial charge in [0.25, 0.3) is 5.91 Å². The van der Waals surface area contributed by atoms with E-state index in [9.17, 15) is 4.79 Å². The van der Waals surface area contributed by atoms with E-state index in [1.165, 1.54) is 7.11 Å². The zero-order valence-corrected chi connectivity index (χ0v) is 6.00. The summed E-state index contributed by atoms with van der Waals surface area (Å²) >= 11 is 0. The Bertz CT molecular complexity index is 235. The fourth-order valence-electron chi connectivity index (χ4n) is 0.598. The number of amides is 1. The Morgan fingerprint density at radius 2 is 2.64 bits per heavy atom. The van der Waals surface area contributed by atoms with E-state index in [4.69, 9.17) is 0 Å². The van der Waals surface area contributed by atoms with Gasteiger partial charge < -0.3 is 0 Å². The van der Waals surface area contributed by atoms with Crippen LogP contribution in [0.15, 0.2) is 18.2 Å². The van der Waals surface area contributed by atoms with Crippen molar-refractivity contribution in [1.82, 2.24) is 10.5 Å². The highest BCUT2D eigenvalue weighted by Gasteiger charge is 2.03. The summed E-state index contributed by atoms with van der Waals surface area (Å²) in [6.07, 6.45) is 2.53. The number of nitrogens with one attached hydrogen (secondary N) is 1. The highest BCUT2D eigenvalue weighted by Crippen LogP contribution is 1.90. The fourth-order valence-corrected chi connectivity index (χ4v) is 0.598. The quantitative estimate of drug-likeness (QED) is 0.613. The van der Waals surface area contributed by atoms with Gasteiger partial charge in [0.1, 0.15) is 5.69 Å². The SMILES string of the molecule is CONC(=O)c1ccc[c]n1. The minimum Gasteiger partial charge on any atom is -0.277 e. The second kappa shape index (κ2) is 3.68. The Balaban J connectivity index is 2.69. The molecule has 0 spiro atoms. The predicted molar refractivity (Wildman–Crippen MR) is 37.5 cm³/mol. The molecule has 1 N–H and O–H groups in total. The minimum atomic E-state index is -0.371. The maximum atomic E-state index is 10.9. The van der Waals surface area contributed by atoms with Crippen molar-refractivity contribution in [3.8, 4) is 0 Å². The Hall–Kier alpha value is -1.42. The summed E-state index contributed by atoms with van der Waals surface area (Å²) in [6.45, 7) is 0. The lowest BCUT2D eigenvalue weighted by molar-refractivity contribution is 0.0532. The Morgan fingerprint density at radius 1 is 1.82 bits per heavy atom. The van der Waals surface area contributed by atoms with Crippen molar-refractivity contribution in [2.24, 2.45) is 0 Å². The molecule has 57 valence electrons. The molecule has 0 unspecified atom stereocenters. The number of hydrogen-bond donors (Lipinski definition) is 1. The topological polar surface area (TPSA) is 51.2 Å². The van der Waals surface area contributed by atoms with E-state index in [2.05, 4.69) is 21.5 Å². The number of pyridine rings is 1. The van der Waals surface area contributed by atoms with Crippen molar-refractivity contribution >= 4 is 5.91 Å². The smallest absolute Gasteiger partial charge is 0.277 e. The molecule has 0 aliphatic heterocycles. The molecule has 0 bridgehead atoms. The number of hydrogen-bond acceptors (Lipinski definition) is 3. The van der Waals surface area contributed by atoms with E-state index in [-0.39, 0.29) is 11.6 Å². The van der Waals surface area contributed by atoms with Crippen molar-refractivity contribution in [2.75, 3.05) is 7.11 Å². The van der Waals surface area contributed by atoms with Crippen LogP contribution < -0.4 is 5.48 Å². The second-order valence-corrected chi connectivity index (χ2v) is 1.79. The van der Waals surface area contributed by atoms with Crippen LogP contribution in [-0.4, -0.2) is 18.0 Å². The summed E-state index contributed by atoms with van der Waals surface area (Å²) in [5.74, 6) is -0.371. The molecule has 0 fully saturated rings. The lowest BCUT2D eigenvalue weighted by atomic mass is 10.3. The van der Waals surface area contributed by atoms with Crippen LogP contribution in [0.2, 0.25) is 0 Å². The van der Waals surface area contributed by atoms with Crippen molar-refractivity contribution in [1.29, 1.82) is 0 Å². The molecule has 0 aromatic carbocycles. The molecule has 1 aromatic heterocycles. The zero-order chi connectivity index (χ0) is 8.10. The van der Waals surface area contributed by atoms with E-state index >= 15 is 0 Å². The van der Waals surface area contributed by atoms with Gasteiger partial charge >= 0.3 is 0 Å². The number of rotatable bonds is 2. The van der Waals surface area contributed by atoms with Crippen LogP contribution in [0.25, 0.3) is 0 Å². The minimum absolute atomic E-state index is 0.286. The van der Waals surface area contributed by atoms with Crippen LogP contribution in [0.4, 0.5) is 0 Å². The van der Waals surface area contributed by atoms with Crippen LogP contribution in [0.3, 0.4) is 0 Å². The maximum absolute atomic E-state index is 10.9. The molecule has 0 atom stereocenters. The second-order valence-electron chi connectivity index (χ2n) is 1.79. The highest BCUT2D eigenvalue weighted by atomic mass is 16.6. The van der Waals surface area contributed by atoms with Gasteiger partial charge in [0.05, 0.1) is 13.3 Å². The molecule has 0 aliphatic rings. The fraction of sp³-hybridized carbons (Fsp3) is 0.143. The van der Waals surface area contributed by atoms with Gasteiger partial charge in [-0.05, 0) is 12.1 Å². The standard InChI is InChI=1S/C7H7N2O2/c1-11-9-7(10)6-4-2-3-5-8-6/h2-4H,1H3,(H,9,10). The molecule has 0 aliphatic carbocycles. The molecule has 1 rings (SSSR count). The van der Waals surface area contributed by atoms with Gasteiger partial charge in [0.2, 0.25) is 0 Å². The number of aromatic nitrogens is 1. The molecule has 1 amide bonds. The molecule has 1 radical (unpaired) electrons. The highest BCUT2D eigenvalue weighted by molar-refractivity contribution is 5.91. The maximum Gasteiger partial charge on any atom is 0.293 e. The molecule has 4 nitrogen and oxygen atoms in total. The van der Waals surface area contributed by atoms with Gasteiger partial charge in [-0.2, -0.15) is 0 Å². The van der Waals surface area contributed by atoms with E-state index < -0.39 is 0 Å². The third-order valence-electron chi connectivity index (χ3n) is 1.04. The van der Waals surface area contributed by atoms with Crippen LogP contribution in [-0.2, 0) is 4.84 Å². The van der Waals surface area contributed by atoms with Crippen LogP contribution in [0.1, 0.15) is 10.5 Å². The van der Waals surface area contributed by atoms with E-state index in [1.54, 1.807) is 18.2 Å². The average molecular weight is 151 g/mol. The number of carbonyl (C=O) groups is 1. The predicted octanol–water partition coefficient (Wildman–Crippen LogP) is 0.173. The van der Waals surface area contributed by atoms with Gasteiger partial charge in [0, 0.05) is 0 Å². The third kappa shape index (κ3) is 2.01. The van der Waals surface area contributed by atoms with Gasteiger partial charge in [-0.3, -0.25) is 9.63 Å². The Labute approximate surface area is 64.2 Å². The summed E-state index contributed by atoms with van der Waals surface area (Å²) in [6, 6.07) is 4.87. The average Bonchev–Trinajstić information content (AvgIpc) is 2.07. The molecule has 1 heterocycles. The van der Waals surface area contributed by atoms with Crippen LogP contribution >= 0.6 is 0 Å². The van der Waals surface area contributed by atoms with Gasteiger partial charge in [-0.25, -0.2) is 10.5 Å². The van der Waals surface area contributed by atoms with Gasteiger partial charge in [-0.15, -0.1) is 0 Å². The first-order chi connectivity index (χ1) is 5.34.